The van der Waals surface area contributed by atoms with E-state index in [4.69, 9.17) is 15.0 Å². The van der Waals surface area contributed by atoms with E-state index in [0.29, 0.717) is 17.6 Å². The molecule has 0 amide bonds. The Morgan fingerprint density at radius 1 is 0.373 bits per heavy atom. The molecule has 3 heterocycles. The predicted molar refractivity (Wildman–Crippen MR) is 245 cm³/mol. The Hall–Kier alpha value is -6.85. The van der Waals surface area contributed by atoms with Crippen LogP contribution in [0.3, 0.4) is 0 Å². The predicted octanol–water partition coefficient (Wildman–Crippen LogP) is 13.7. The van der Waals surface area contributed by atoms with E-state index in [1.165, 1.54) is 33.1 Å². The standard InChI is InChI=1S/C54H45N5/c1-52(2)43-30-29-36(31-44(43)53(3,4)54(52,5)6)58-45-27-17-15-24-38(45)41-32-42-39-25-16-18-28-46(39)59(48(42)33-47(41)58)51-56-49(35-21-11-8-12-22-35)55-50(57-51)40-26-14-13-23-37(40)34-19-9-7-10-20-34/h7-33H,1-6H3. The molecule has 0 saturated heterocycles. The van der Waals surface area contributed by atoms with Gasteiger partial charge in [-0.25, -0.2) is 4.98 Å². The van der Waals surface area contributed by atoms with Crippen LogP contribution in [0.2, 0.25) is 0 Å². The molecule has 0 fully saturated rings. The van der Waals surface area contributed by atoms with Crippen LogP contribution in [0.25, 0.3) is 89.2 Å². The maximum Gasteiger partial charge on any atom is 0.238 e. The summed E-state index contributed by atoms with van der Waals surface area (Å²) < 4.78 is 4.71. The van der Waals surface area contributed by atoms with Gasteiger partial charge >= 0.3 is 0 Å². The third-order valence-corrected chi connectivity index (χ3v) is 14.3. The summed E-state index contributed by atoms with van der Waals surface area (Å²) >= 11 is 0. The van der Waals surface area contributed by atoms with Crippen LogP contribution >= 0.6 is 0 Å². The minimum absolute atomic E-state index is 0.0216. The fourth-order valence-electron chi connectivity index (χ4n) is 9.96. The highest BCUT2D eigenvalue weighted by atomic mass is 15.2. The molecule has 0 unspecified atom stereocenters. The number of hydrogen-bond donors (Lipinski definition) is 0. The maximum atomic E-state index is 5.38. The van der Waals surface area contributed by atoms with E-state index >= 15 is 0 Å². The van der Waals surface area contributed by atoms with Gasteiger partial charge in [-0.2, -0.15) is 9.97 Å². The number of benzene rings is 7. The average Bonchev–Trinajstić information content (AvgIpc) is 3.80. The monoisotopic (exact) mass is 763 g/mol. The van der Waals surface area contributed by atoms with Gasteiger partial charge in [0, 0.05) is 38.4 Å². The largest absolute Gasteiger partial charge is 0.309 e. The lowest BCUT2D eigenvalue weighted by Gasteiger charge is -2.44. The normalized spacial score (nSPS) is 15.4. The van der Waals surface area contributed by atoms with Crippen LogP contribution in [0.4, 0.5) is 0 Å². The van der Waals surface area contributed by atoms with E-state index in [0.717, 1.165) is 49.6 Å². The SMILES string of the molecule is CC1(C)c2ccc(-n3c4ccccc4c4cc5c6ccccc6n(-c6nc(-c7ccccc7)nc(-c7ccccc7-c7ccccc7)n6)c5cc43)cc2C(C)(C)C1(C)C. The van der Waals surface area contributed by atoms with Gasteiger partial charge in [-0.15, -0.1) is 0 Å². The number of hydrogen-bond acceptors (Lipinski definition) is 3. The first kappa shape index (κ1) is 35.3. The summed E-state index contributed by atoms with van der Waals surface area (Å²) in [6, 6.07) is 58.5. The Kier molecular flexibility index (Phi) is 7.53. The molecule has 286 valence electrons. The van der Waals surface area contributed by atoms with E-state index < -0.39 is 0 Å². The molecule has 0 N–H and O–H groups in total. The molecule has 0 radical (unpaired) electrons. The molecule has 10 aromatic rings. The third-order valence-electron chi connectivity index (χ3n) is 14.3. The quantitative estimate of drug-likeness (QED) is 0.175. The zero-order valence-electron chi connectivity index (χ0n) is 34.3. The molecule has 11 rings (SSSR count). The lowest BCUT2D eigenvalue weighted by molar-refractivity contribution is 0.125. The van der Waals surface area contributed by atoms with Crippen molar-refractivity contribution >= 4 is 43.6 Å². The smallest absolute Gasteiger partial charge is 0.238 e. The van der Waals surface area contributed by atoms with Gasteiger partial charge in [-0.1, -0.05) is 169 Å². The summed E-state index contributed by atoms with van der Waals surface area (Å²) in [7, 11) is 0. The third kappa shape index (κ3) is 5.00. The summed E-state index contributed by atoms with van der Waals surface area (Å²) in [4.78, 5) is 15.9. The fourth-order valence-corrected chi connectivity index (χ4v) is 9.96. The van der Waals surface area contributed by atoms with E-state index in [-0.39, 0.29) is 16.2 Å². The van der Waals surface area contributed by atoms with E-state index in [1.807, 2.05) is 24.3 Å². The first-order valence-corrected chi connectivity index (χ1v) is 20.6. The number of rotatable bonds is 5. The molecule has 0 bridgehead atoms. The van der Waals surface area contributed by atoms with Crippen LogP contribution in [0, 0.1) is 5.41 Å². The first-order chi connectivity index (χ1) is 28.5. The van der Waals surface area contributed by atoms with Crippen molar-refractivity contribution in [2.24, 2.45) is 5.41 Å². The zero-order chi connectivity index (χ0) is 40.3. The highest BCUT2D eigenvalue weighted by molar-refractivity contribution is 6.19. The van der Waals surface area contributed by atoms with Gasteiger partial charge in [0.25, 0.3) is 0 Å². The van der Waals surface area contributed by atoms with Crippen molar-refractivity contribution < 1.29 is 0 Å². The number of nitrogens with zero attached hydrogens (tertiary/aromatic N) is 5. The summed E-state index contributed by atoms with van der Waals surface area (Å²) in [5, 5.41) is 4.75. The minimum Gasteiger partial charge on any atom is -0.309 e. The van der Waals surface area contributed by atoms with Crippen molar-refractivity contribution in [1.82, 2.24) is 24.1 Å². The van der Waals surface area contributed by atoms with Crippen molar-refractivity contribution in [3.63, 3.8) is 0 Å². The van der Waals surface area contributed by atoms with Crippen molar-refractivity contribution in [3.8, 4) is 45.5 Å². The Morgan fingerprint density at radius 3 is 1.58 bits per heavy atom. The highest BCUT2D eigenvalue weighted by Crippen LogP contribution is 2.61. The topological polar surface area (TPSA) is 48.5 Å². The molecular weight excluding hydrogens is 719 g/mol. The van der Waals surface area contributed by atoms with Gasteiger partial charge in [-0.05, 0) is 74.9 Å². The Morgan fingerprint density at radius 2 is 0.898 bits per heavy atom. The van der Waals surface area contributed by atoms with Crippen molar-refractivity contribution in [1.29, 1.82) is 0 Å². The van der Waals surface area contributed by atoms with E-state index in [9.17, 15) is 0 Å². The Balaban J connectivity index is 1.21. The van der Waals surface area contributed by atoms with Crippen LogP contribution in [0.1, 0.15) is 52.7 Å². The van der Waals surface area contributed by atoms with Crippen molar-refractivity contribution in [2.75, 3.05) is 0 Å². The molecule has 0 aliphatic heterocycles. The molecule has 0 saturated carbocycles. The van der Waals surface area contributed by atoms with Crippen molar-refractivity contribution in [3.05, 3.63) is 175 Å². The molecule has 0 atom stereocenters. The highest BCUT2D eigenvalue weighted by Gasteiger charge is 2.56. The molecular formula is C54H45N5. The first-order valence-electron chi connectivity index (χ1n) is 20.6. The summed E-state index contributed by atoms with van der Waals surface area (Å²) in [5.41, 5.74) is 12.6. The molecule has 5 heteroatoms. The second kappa shape index (κ2) is 12.6. The summed E-state index contributed by atoms with van der Waals surface area (Å²) in [5.74, 6) is 1.83. The lowest BCUT2D eigenvalue weighted by Crippen LogP contribution is -2.42. The van der Waals surface area contributed by atoms with Gasteiger partial charge in [0.05, 0.1) is 22.1 Å². The molecule has 5 nitrogen and oxygen atoms in total. The van der Waals surface area contributed by atoms with Gasteiger partial charge in [0.1, 0.15) is 0 Å². The average molecular weight is 764 g/mol. The second-order valence-electron chi connectivity index (χ2n) is 17.8. The maximum absolute atomic E-state index is 5.38. The zero-order valence-corrected chi connectivity index (χ0v) is 34.3. The van der Waals surface area contributed by atoms with Crippen molar-refractivity contribution in [2.45, 2.75) is 52.4 Å². The fraction of sp³-hybridized carbons (Fsp3) is 0.167. The van der Waals surface area contributed by atoms with Crippen LogP contribution < -0.4 is 0 Å². The van der Waals surface area contributed by atoms with Crippen LogP contribution in [0.15, 0.2) is 164 Å². The summed E-state index contributed by atoms with van der Waals surface area (Å²) in [6.07, 6.45) is 0. The Bertz CT molecular complexity index is 3290. The Labute approximate surface area is 344 Å². The number of aromatic nitrogens is 5. The van der Waals surface area contributed by atoms with Crippen LogP contribution in [-0.4, -0.2) is 24.1 Å². The van der Waals surface area contributed by atoms with E-state index in [1.54, 1.807) is 0 Å². The van der Waals surface area contributed by atoms with Gasteiger partial charge in [-0.3, -0.25) is 4.57 Å². The molecule has 59 heavy (non-hydrogen) atoms. The molecule has 7 aromatic carbocycles. The summed E-state index contributed by atoms with van der Waals surface area (Å²) in [6.45, 7) is 14.5. The molecule has 3 aromatic heterocycles. The van der Waals surface area contributed by atoms with Crippen LogP contribution in [0.5, 0.6) is 0 Å². The lowest BCUT2D eigenvalue weighted by atomic mass is 9.59. The van der Waals surface area contributed by atoms with Crippen LogP contribution in [-0.2, 0) is 10.8 Å². The molecule has 1 aliphatic rings. The van der Waals surface area contributed by atoms with Gasteiger partial charge < -0.3 is 4.57 Å². The number of fused-ring (bicyclic) bond motifs is 7. The molecule has 0 spiro atoms. The minimum atomic E-state index is -0.0216. The molecule has 1 aliphatic carbocycles. The van der Waals surface area contributed by atoms with Gasteiger partial charge in [0.2, 0.25) is 5.95 Å². The van der Waals surface area contributed by atoms with E-state index in [2.05, 4.69) is 190 Å². The number of para-hydroxylation sites is 2. The second-order valence-corrected chi connectivity index (χ2v) is 17.8. The van der Waals surface area contributed by atoms with Gasteiger partial charge in [0.15, 0.2) is 11.6 Å².